The van der Waals surface area contributed by atoms with Crippen molar-refractivity contribution in [2.45, 2.75) is 26.3 Å². The normalized spacial score (nSPS) is 12.5. The quantitative estimate of drug-likeness (QED) is 0.819. The van der Waals surface area contributed by atoms with Crippen molar-refractivity contribution in [2.75, 3.05) is 26.0 Å². The highest BCUT2D eigenvalue weighted by Crippen LogP contribution is 2.12. The molecule has 0 saturated carbocycles. The van der Waals surface area contributed by atoms with Crippen molar-refractivity contribution in [3.05, 3.63) is 26.4 Å². The fourth-order valence-corrected chi connectivity index (χ4v) is 2.39. The van der Waals surface area contributed by atoms with Crippen LogP contribution in [0.25, 0.3) is 0 Å². The lowest BCUT2D eigenvalue weighted by atomic mass is 10.0. The molecule has 0 aliphatic heterocycles. The lowest BCUT2D eigenvalue weighted by Gasteiger charge is -2.27. The van der Waals surface area contributed by atoms with Crippen LogP contribution < -0.4 is 16.6 Å². The average molecular weight is 307 g/mol. The van der Waals surface area contributed by atoms with E-state index in [0.29, 0.717) is 12.5 Å². The summed E-state index contributed by atoms with van der Waals surface area (Å²) >= 11 is 0. The molecule has 0 aliphatic carbocycles. The molecular formula is C15H25N5O2. The Morgan fingerprint density at radius 1 is 1.23 bits per heavy atom. The Hall–Kier alpha value is -2.07. The molecule has 1 heterocycles. The summed E-state index contributed by atoms with van der Waals surface area (Å²) in [5.41, 5.74) is -1.05. The van der Waals surface area contributed by atoms with Crippen LogP contribution in [0.3, 0.4) is 0 Å². The molecule has 0 unspecified atom stereocenters. The van der Waals surface area contributed by atoms with E-state index in [1.54, 1.807) is 7.05 Å². The predicted octanol–water partition coefficient (Wildman–Crippen LogP) is 0.344. The molecule has 0 radical (unpaired) electrons. The van der Waals surface area contributed by atoms with Gasteiger partial charge >= 0.3 is 5.69 Å². The average Bonchev–Trinajstić information content (AvgIpc) is 2.45. The smallest absolute Gasteiger partial charge is 0.332 e. The first-order chi connectivity index (χ1) is 10.2. The molecular weight excluding hydrogens is 282 g/mol. The van der Waals surface area contributed by atoms with Crippen molar-refractivity contribution in [1.82, 2.24) is 14.0 Å². The van der Waals surface area contributed by atoms with Gasteiger partial charge in [0.1, 0.15) is 11.9 Å². The molecule has 22 heavy (non-hydrogen) atoms. The predicted molar refractivity (Wildman–Crippen MR) is 87.1 cm³/mol. The molecule has 1 N–H and O–H groups in total. The van der Waals surface area contributed by atoms with Crippen LogP contribution in [0.1, 0.15) is 25.8 Å². The molecule has 0 spiro atoms. The van der Waals surface area contributed by atoms with Crippen LogP contribution in [0.4, 0.5) is 5.82 Å². The molecule has 0 fully saturated rings. The summed E-state index contributed by atoms with van der Waals surface area (Å²) in [6, 6.07) is 2.14. The van der Waals surface area contributed by atoms with Crippen molar-refractivity contribution in [2.24, 2.45) is 20.0 Å². The van der Waals surface area contributed by atoms with E-state index in [1.165, 1.54) is 11.6 Å². The van der Waals surface area contributed by atoms with E-state index in [2.05, 4.69) is 24.1 Å². The van der Waals surface area contributed by atoms with Crippen LogP contribution in [0.5, 0.6) is 0 Å². The number of nitrogens with one attached hydrogen (secondary N) is 1. The third kappa shape index (κ3) is 3.77. The molecule has 122 valence electrons. The van der Waals surface area contributed by atoms with Crippen molar-refractivity contribution in [3.63, 3.8) is 0 Å². The molecule has 7 nitrogen and oxygen atoms in total. The Labute approximate surface area is 130 Å². The minimum atomic E-state index is -0.571. The summed E-state index contributed by atoms with van der Waals surface area (Å²) in [4.78, 5) is 26.1. The highest BCUT2D eigenvalue weighted by Gasteiger charge is 2.18. The second kappa shape index (κ2) is 7.27. The maximum absolute atomic E-state index is 12.0. The molecule has 7 heteroatoms. The van der Waals surface area contributed by atoms with Crippen molar-refractivity contribution >= 4 is 5.82 Å². The van der Waals surface area contributed by atoms with Crippen LogP contribution in [0, 0.1) is 17.2 Å². The van der Waals surface area contributed by atoms with Crippen LogP contribution in [-0.4, -0.2) is 40.7 Å². The highest BCUT2D eigenvalue weighted by atomic mass is 16.2. The van der Waals surface area contributed by atoms with Gasteiger partial charge in [0.2, 0.25) is 0 Å². The molecule has 1 rings (SSSR count). The lowest BCUT2D eigenvalue weighted by Crippen LogP contribution is -2.42. The van der Waals surface area contributed by atoms with Crippen molar-refractivity contribution in [1.29, 1.82) is 5.26 Å². The molecule has 0 bridgehead atoms. The van der Waals surface area contributed by atoms with Crippen molar-refractivity contribution in [3.8, 4) is 6.07 Å². The standard InChI is InChI=1S/C15H25N5O2/c1-10(2)7-11(18(3)4)9-17-13-12(8-16)14(21)20(6)15(22)19(13)5/h10-11,17H,7,9H2,1-6H3/t11-/m0/s1. The van der Waals surface area contributed by atoms with Gasteiger partial charge in [-0.25, -0.2) is 4.79 Å². The Morgan fingerprint density at radius 2 is 1.82 bits per heavy atom. The molecule has 0 amide bonds. The molecule has 0 aromatic carbocycles. The van der Waals surface area contributed by atoms with Gasteiger partial charge < -0.3 is 10.2 Å². The summed E-state index contributed by atoms with van der Waals surface area (Å²) in [5.74, 6) is 0.809. The van der Waals surface area contributed by atoms with Gasteiger partial charge in [-0.1, -0.05) is 13.8 Å². The second-order valence-electron chi connectivity index (χ2n) is 6.17. The van der Waals surface area contributed by atoms with E-state index in [4.69, 9.17) is 0 Å². The van der Waals surface area contributed by atoms with Crippen LogP contribution in [-0.2, 0) is 14.1 Å². The van der Waals surface area contributed by atoms with Gasteiger partial charge in [-0.15, -0.1) is 0 Å². The highest BCUT2D eigenvalue weighted by molar-refractivity contribution is 5.51. The lowest BCUT2D eigenvalue weighted by molar-refractivity contribution is 0.265. The maximum Gasteiger partial charge on any atom is 0.332 e. The van der Waals surface area contributed by atoms with Crippen LogP contribution in [0.2, 0.25) is 0 Å². The topological polar surface area (TPSA) is 83.1 Å². The van der Waals surface area contributed by atoms with Gasteiger partial charge in [-0.3, -0.25) is 13.9 Å². The van der Waals surface area contributed by atoms with Gasteiger partial charge in [-0.2, -0.15) is 5.26 Å². The van der Waals surface area contributed by atoms with E-state index in [-0.39, 0.29) is 17.4 Å². The summed E-state index contributed by atoms with van der Waals surface area (Å²) in [5, 5.41) is 12.3. The number of anilines is 1. The Morgan fingerprint density at radius 3 is 2.27 bits per heavy atom. The maximum atomic E-state index is 12.0. The number of rotatable bonds is 6. The first-order valence-corrected chi connectivity index (χ1v) is 7.31. The van der Waals surface area contributed by atoms with Gasteiger partial charge in [0.25, 0.3) is 5.56 Å². The third-order valence-electron chi connectivity index (χ3n) is 3.76. The summed E-state index contributed by atoms with van der Waals surface area (Å²) < 4.78 is 2.25. The number of hydrogen-bond donors (Lipinski definition) is 1. The number of nitriles is 1. The van der Waals surface area contributed by atoms with E-state index >= 15 is 0 Å². The summed E-state index contributed by atoms with van der Waals surface area (Å²) in [7, 11) is 6.90. The molecule has 0 aliphatic rings. The summed E-state index contributed by atoms with van der Waals surface area (Å²) in [6.45, 7) is 4.84. The van der Waals surface area contributed by atoms with E-state index in [1.807, 2.05) is 20.2 Å². The zero-order valence-corrected chi connectivity index (χ0v) is 14.2. The molecule has 1 aromatic rings. The van der Waals surface area contributed by atoms with E-state index < -0.39 is 11.2 Å². The SMILES string of the molecule is CC(C)C[C@@H](CNc1c(C#N)c(=O)n(C)c(=O)n1C)N(C)C. The zero-order chi connectivity index (χ0) is 17.0. The summed E-state index contributed by atoms with van der Waals surface area (Å²) in [6.07, 6.45) is 0.973. The minimum Gasteiger partial charge on any atom is -0.369 e. The van der Waals surface area contributed by atoms with Crippen LogP contribution >= 0.6 is 0 Å². The second-order valence-corrected chi connectivity index (χ2v) is 6.17. The zero-order valence-electron chi connectivity index (χ0n) is 14.2. The van der Waals surface area contributed by atoms with Gasteiger partial charge in [0.05, 0.1) is 0 Å². The number of likely N-dealkylation sites (N-methyl/N-ethyl adjacent to an activating group) is 1. The van der Waals surface area contributed by atoms with Crippen LogP contribution in [0.15, 0.2) is 9.59 Å². The monoisotopic (exact) mass is 307 g/mol. The van der Waals surface area contributed by atoms with Crippen molar-refractivity contribution < 1.29 is 0 Å². The number of nitrogens with zero attached hydrogens (tertiary/aromatic N) is 4. The fourth-order valence-electron chi connectivity index (χ4n) is 2.39. The first kappa shape index (κ1) is 18.0. The van der Waals surface area contributed by atoms with E-state index in [0.717, 1.165) is 11.0 Å². The third-order valence-corrected chi connectivity index (χ3v) is 3.76. The van der Waals surface area contributed by atoms with E-state index in [9.17, 15) is 14.9 Å². The largest absolute Gasteiger partial charge is 0.369 e. The Bertz CT molecular complexity index is 679. The van der Waals surface area contributed by atoms with Gasteiger partial charge in [-0.05, 0) is 26.4 Å². The molecule has 1 atom stereocenters. The Balaban J connectivity index is 3.16. The van der Waals surface area contributed by atoms with Gasteiger partial charge in [0.15, 0.2) is 5.56 Å². The number of aromatic nitrogens is 2. The Kier molecular flexibility index (Phi) is 5.94. The fraction of sp³-hybridized carbons (Fsp3) is 0.667. The van der Waals surface area contributed by atoms with Gasteiger partial charge in [0, 0.05) is 26.7 Å². The molecule has 1 aromatic heterocycles. The first-order valence-electron chi connectivity index (χ1n) is 7.31. The number of hydrogen-bond acceptors (Lipinski definition) is 5. The molecule has 0 saturated heterocycles. The minimum absolute atomic E-state index is 0.0355.